The van der Waals surface area contributed by atoms with Crippen LogP contribution in [0.1, 0.15) is 38.1 Å². The van der Waals surface area contributed by atoms with Crippen LogP contribution in [0.2, 0.25) is 0 Å². The van der Waals surface area contributed by atoms with Gasteiger partial charge in [-0.05, 0) is 33.2 Å². The summed E-state index contributed by atoms with van der Waals surface area (Å²) in [7, 11) is 2.23. The number of anilines is 1. The van der Waals surface area contributed by atoms with Crippen LogP contribution in [0.4, 0.5) is 6.01 Å². The van der Waals surface area contributed by atoms with Gasteiger partial charge in [-0.2, -0.15) is 0 Å². The van der Waals surface area contributed by atoms with Gasteiger partial charge < -0.3 is 15.1 Å². The van der Waals surface area contributed by atoms with E-state index in [1.54, 1.807) is 0 Å². The first kappa shape index (κ1) is 11.9. The third kappa shape index (κ3) is 1.99. The van der Waals surface area contributed by atoms with Gasteiger partial charge in [0.1, 0.15) is 0 Å². The first-order chi connectivity index (χ1) is 8.65. The third-order valence-electron chi connectivity index (χ3n) is 4.24. The van der Waals surface area contributed by atoms with E-state index < -0.39 is 0 Å². The van der Waals surface area contributed by atoms with Crippen molar-refractivity contribution < 1.29 is 4.42 Å². The van der Waals surface area contributed by atoms with Gasteiger partial charge in [0.15, 0.2) is 0 Å². The maximum atomic E-state index is 5.75. The van der Waals surface area contributed by atoms with E-state index >= 15 is 0 Å². The zero-order chi connectivity index (χ0) is 12.7. The molecule has 2 fully saturated rings. The summed E-state index contributed by atoms with van der Waals surface area (Å²) in [6.07, 6.45) is 3.76. The van der Waals surface area contributed by atoms with Gasteiger partial charge in [0.25, 0.3) is 0 Å². The highest BCUT2D eigenvalue weighted by Gasteiger charge is 2.35. The van der Waals surface area contributed by atoms with E-state index in [0.29, 0.717) is 17.9 Å². The Labute approximate surface area is 107 Å². The molecule has 3 rings (SSSR count). The second-order valence-corrected chi connectivity index (χ2v) is 5.50. The second kappa shape index (κ2) is 4.51. The highest BCUT2D eigenvalue weighted by atomic mass is 16.4. The van der Waals surface area contributed by atoms with Gasteiger partial charge in [-0.3, -0.25) is 4.90 Å². The molecule has 0 saturated carbocycles. The molecule has 3 unspecified atom stereocenters. The van der Waals surface area contributed by atoms with Crippen LogP contribution in [0, 0.1) is 0 Å². The monoisotopic (exact) mass is 251 g/mol. The fraction of sp³-hybridized carbons (Fsp3) is 0.833. The topological polar surface area (TPSA) is 71.4 Å². The summed E-state index contributed by atoms with van der Waals surface area (Å²) in [6.45, 7) is 3.83. The van der Waals surface area contributed by atoms with Crippen LogP contribution in [-0.2, 0) is 0 Å². The Morgan fingerprint density at radius 2 is 2.06 bits per heavy atom. The molecule has 2 bridgehead atoms. The molecule has 2 aliphatic rings. The fourth-order valence-corrected chi connectivity index (χ4v) is 3.02. The molecule has 0 radical (unpaired) electrons. The van der Waals surface area contributed by atoms with Crippen LogP contribution < -0.4 is 10.6 Å². The Morgan fingerprint density at radius 1 is 1.28 bits per heavy atom. The van der Waals surface area contributed by atoms with E-state index in [0.717, 1.165) is 19.1 Å². The van der Waals surface area contributed by atoms with Crippen molar-refractivity contribution >= 4 is 6.01 Å². The van der Waals surface area contributed by atoms with Crippen molar-refractivity contribution in [2.45, 2.75) is 44.3 Å². The Kier molecular flexibility index (Phi) is 2.99. The molecule has 0 amide bonds. The van der Waals surface area contributed by atoms with E-state index in [-0.39, 0.29) is 6.04 Å². The van der Waals surface area contributed by atoms with E-state index in [4.69, 9.17) is 10.2 Å². The number of hydrogen-bond donors (Lipinski definition) is 1. The van der Waals surface area contributed by atoms with Crippen LogP contribution in [0.15, 0.2) is 4.42 Å². The van der Waals surface area contributed by atoms with Crippen molar-refractivity contribution in [3.8, 4) is 0 Å². The Hall–Kier alpha value is -1.14. The maximum absolute atomic E-state index is 5.75. The summed E-state index contributed by atoms with van der Waals surface area (Å²) < 4.78 is 5.64. The summed E-state index contributed by atoms with van der Waals surface area (Å²) in [4.78, 5) is 4.71. The maximum Gasteiger partial charge on any atom is 0.318 e. The number of rotatable bonds is 2. The highest BCUT2D eigenvalue weighted by molar-refractivity contribution is 5.26. The molecule has 1 aromatic heterocycles. The highest BCUT2D eigenvalue weighted by Crippen LogP contribution is 2.30. The lowest BCUT2D eigenvalue weighted by atomic mass is 10.1. The number of likely N-dealkylation sites (N-methyl/N-ethyl adjacent to an activating group) is 1. The van der Waals surface area contributed by atoms with Crippen molar-refractivity contribution in [3.05, 3.63) is 5.89 Å². The summed E-state index contributed by atoms with van der Waals surface area (Å²) in [5.74, 6) is 0.521. The SMILES string of the molecule is CC(N)c1nnc(N2CCC3CCC(C2)N3C)o1. The Bertz CT molecular complexity index is 418. The average Bonchev–Trinajstić information content (AvgIpc) is 2.86. The quantitative estimate of drug-likeness (QED) is 0.837. The van der Waals surface area contributed by atoms with Crippen molar-refractivity contribution in [1.82, 2.24) is 15.1 Å². The summed E-state index contributed by atoms with van der Waals surface area (Å²) in [5.41, 5.74) is 5.75. The molecule has 100 valence electrons. The molecular formula is C12H21N5O. The number of fused-ring (bicyclic) bond motifs is 2. The normalized spacial score (nSPS) is 30.5. The smallest absolute Gasteiger partial charge is 0.318 e. The first-order valence-electron chi connectivity index (χ1n) is 6.71. The largest absolute Gasteiger partial charge is 0.406 e. The molecule has 0 spiro atoms. The molecule has 18 heavy (non-hydrogen) atoms. The molecular weight excluding hydrogens is 230 g/mol. The van der Waals surface area contributed by atoms with Gasteiger partial charge in [0.2, 0.25) is 5.89 Å². The second-order valence-electron chi connectivity index (χ2n) is 5.50. The molecule has 2 saturated heterocycles. The molecule has 1 aromatic rings. The van der Waals surface area contributed by atoms with Gasteiger partial charge in [-0.15, -0.1) is 5.10 Å². The molecule has 0 aromatic carbocycles. The summed E-state index contributed by atoms with van der Waals surface area (Å²) >= 11 is 0. The van der Waals surface area contributed by atoms with Crippen LogP contribution in [-0.4, -0.2) is 47.3 Å². The fourth-order valence-electron chi connectivity index (χ4n) is 3.02. The number of nitrogens with zero attached hydrogens (tertiary/aromatic N) is 4. The Balaban J connectivity index is 1.76. The van der Waals surface area contributed by atoms with E-state index in [2.05, 4.69) is 27.0 Å². The standard InChI is InChI=1S/C12H21N5O/c1-8(13)11-14-15-12(18-11)17-6-5-9-3-4-10(7-17)16(9)2/h8-10H,3-7,13H2,1-2H3. The average molecular weight is 251 g/mol. The van der Waals surface area contributed by atoms with Gasteiger partial charge in [0, 0.05) is 25.2 Å². The number of hydrogen-bond acceptors (Lipinski definition) is 6. The number of nitrogens with two attached hydrogens (primary N) is 1. The number of aromatic nitrogens is 2. The zero-order valence-corrected chi connectivity index (χ0v) is 11.0. The van der Waals surface area contributed by atoms with Crippen molar-refractivity contribution in [2.24, 2.45) is 5.73 Å². The molecule has 3 atom stereocenters. The van der Waals surface area contributed by atoms with E-state index in [1.807, 2.05) is 6.92 Å². The minimum Gasteiger partial charge on any atom is -0.406 e. The molecule has 2 N–H and O–H groups in total. The lowest BCUT2D eigenvalue weighted by Gasteiger charge is -2.24. The van der Waals surface area contributed by atoms with Gasteiger partial charge in [0.05, 0.1) is 6.04 Å². The van der Waals surface area contributed by atoms with Gasteiger partial charge >= 0.3 is 6.01 Å². The lowest BCUT2D eigenvalue weighted by molar-refractivity contribution is 0.254. The molecule has 3 heterocycles. The Morgan fingerprint density at radius 3 is 2.78 bits per heavy atom. The zero-order valence-electron chi connectivity index (χ0n) is 11.0. The van der Waals surface area contributed by atoms with Crippen LogP contribution in [0.25, 0.3) is 0 Å². The minimum atomic E-state index is -0.197. The van der Waals surface area contributed by atoms with Crippen LogP contribution >= 0.6 is 0 Å². The molecule has 6 heteroatoms. The third-order valence-corrected chi connectivity index (χ3v) is 4.24. The first-order valence-corrected chi connectivity index (χ1v) is 6.71. The minimum absolute atomic E-state index is 0.197. The molecule has 2 aliphatic heterocycles. The predicted octanol–water partition coefficient (Wildman–Crippen LogP) is 0.762. The molecule has 6 nitrogen and oxygen atoms in total. The van der Waals surface area contributed by atoms with Gasteiger partial charge in [-0.25, -0.2) is 0 Å². The predicted molar refractivity (Wildman–Crippen MR) is 68.3 cm³/mol. The van der Waals surface area contributed by atoms with Crippen molar-refractivity contribution in [1.29, 1.82) is 0 Å². The van der Waals surface area contributed by atoms with E-state index in [9.17, 15) is 0 Å². The summed E-state index contributed by atoms with van der Waals surface area (Å²) in [6, 6.07) is 1.76. The van der Waals surface area contributed by atoms with Crippen molar-refractivity contribution in [3.63, 3.8) is 0 Å². The van der Waals surface area contributed by atoms with Crippen molar-refractivity contribution in [2.75, 3.05) is 25.0 Å². The van der Waals surface area contributed by atoms with Crippen LogP contribution in [0.5, 0.6) is 0 Å². The van der Waals surface area contributed by atoms with Gasteiger partial charge in [-0.1, -0.05) is 5.10 Å². The van der Waals surface area contributed by atoms with Crippen LogP contribution in [0.3, 0.4) is 0 Å². The molecule has 0 aliphatic carbocycles. The van der Waals surface area contributed by atoms with E-state index in [1.165, 1.54) is 19.3 Å². The lowest BCUT2D eigenvalue weighted by Crippen LogP contribution is -2.36. The summed E-state index contributed by atoms with van der Waals surface area (Å²) in [5, 5.41) is 8.13.